The van der Waals surface area contributed by atoms with E-state index in [4.69, 9.17) is 0 Å². The van der Waals surface area contributed by atoms with Gasteiger partial charge in [0.05, 0.1) is 0 Å². The largest absolute Gasteiger partial charge is 0.435 e. The molecule has 116 valence electrons. The number of hydrogen-bond acceptors (Lipinski definition) is 3. The maximum atomic E-state index is 12.2. The Bertz CT molecular complexity index is 476. The van der Waals surface area contributed by atoms with Crippen molar-refractivity contribution in [2.45, 2.75) is 44.9 Å². The lowest BCUT2D eigenvalue weighted by Crippen LogP contribution is -2.50. The number of hydrogen-bond donors (Lipinski definition) is 2. The lowest BCUT2D eigenvalue weighted by Gasteiger charge is -2.29. The summed E-state index contributed by atoms with van der Waals surface area (Å²) in [6.07, 6.45) is 3.33. The molecule has 0 bridgehead atoms. The van der Waals surface area contributed by atoms with Crippen molar-refractivity contribution in [1.82, 2.24) is 10.6 Å². The molecule has 21 heavy (non-hydrogen) atoms. The molecule has 2 unspecified atom stereocenters. The van der Waals surface area contributed by atoms with Crippen molar-refractivity contribution in [2.75, 3.05) is 6.54 Å². The number of rotatable bonds is 5. The van der Waals surface area contributed by atoms with Crippen LogP contribution in [0.15, 0.2) is 24.3 Å². The summed E-state index contributed by atoms with van der Waals surface area (Å²) in [5.41, 5.74) is 0.316. The van der Waals surface area contributed by atoms with Crippen molar-refractivity contribution in [1.29, 1.82) is 0 Å². The number of halogens is 2. The minimum absolute atomic E-state index is 0.0129. The zero-order valence-corrected chi connectivity index (χ0v) is 11.9. The van der Waals surface area contributed by atoms with Gasteiger partial charge in [0.15, 0.2) is 0 Å². The van der Waals surface area contributed by atoms with Crippen LogP contribution in [0.25, 0.3) is 0 Å². The van der Waals surface area contributed by atoms with Gasteiger partial charge in [-0.15, -0.1) is 0 Å². The van der Waals surface area contributed by atoms with E-state index in [-0.39, 0.29) is 23.7 Å². The molecule has 1 aromatic rings. The molecule has 1 aliphatic heterocycles. The Morgan fingerprint density at radius 1 is 1.43 bits per heavy atom. The molecule has 1 aromatic carbocycles. The Labute approximate surface area is 122 Å². The summed E-state index contributed by atoms with van der Waals surface area (Å²) in [4.78, 5) is 12.2. The molecule has 2 atom stereocenters. The van der Waals surface area contributed by atoms with E-state index in [2.05, 4.69) is 15.4 Å². The van der Waals surface area contributed by atoms with Crippen LogP contribution in [0.2, 0.25) is 0 Å². The minimum Gasteiger partial charge on any atom is -0.435 e. The van der Waals surface area contributed by atoms with Gasteiger partial charge >= 0.3 is 6.61 Å². The van der Waals surface area contributed by atoms with Gasteiger partial charge in [0.1, 0.15) is 5.75 Å². The molecule has 0 aliphatic carbocycles. The summed E-state index contributed by atoms with van der Waals surface area (Å²) in [7, 11) is 0. The predicted molar refractivity (Wildman–Crippen MR) is 75.6 cm³/mol. The molecule has 1 heterocycles. The molecular formula is C15H20F2N2O2. The van der Waals surface area contributed by atoms with Crippen LogP contribution in [-0.4, -0.2) is 31.1 Å². The molecule has 6 heteroatoms. The minimum atomic E-state index is -2.89. The van der Waals surface area contributed by atoms with Crippen molar-refractivity contribution in [3.63, 3.8) is 0 Å². The zero-order chi connectivity index (χ0) is 15.2. The third-order valence-electron chi connectivity index (χ3n) is 3.63. The molecule has 1 saturated heterocycles. The maximum absolute atomic E-state index is 12.2. The van der Waals surface area contributed by atoms with Crippen LogP contribution >= 0.6 is 0 Å². The molecule has 0 radical (unpaired) electrons. The predicted octanol–water partition coefficient (Wildman–Crippen LogP) is 2.55. The number of carbonyl (C=O) groups is 1. The molecule has 1 fully saturated rings. The number of ether oxygens (including phenoxy) is 1. The number of carbonyl (C=O) groups excluding carboxylic acids is 1. The fraction of sp³-hybridized carbons (Fsp3) is 0.533. The topological polar surface area (TPSA) is 50.4 Å². The third kappa shape index (κ3) is 4.67. The average Bonchev–Trinajstić information content (AvgIpc) is 2.47. The van der Waals surface area contributed by atoms with E-state index >= 15 is 0 Å². The second-order valence-electron chi connectivity index (χ2n) is 5.22. The highest BCUT2D eigenvalue weighted by Gasteiger charge is 2.21. The first-order chi connectivity index (χ1) is 10.1. The fourth-order valence-corrected chi connectivity index (χ4v) is 2.51. The lowest BCUT2D eigenvalue weighted by molar-refractivity contribution is -0.0498. The summed E-state index contributed by atoms with van der Waals surface area (Å²) in [5.74, 6) is -0.296. The van der Waals surface area contributed by atoms with Gasteiger partial charge in [0.25, 0.3) is 5.91 Å². The van der Waals surface area contributed by atoms with Gasteiger partial charge in [0, 0.05) is 17.6 Å². The van der Waals surface area contributed by atoms with Crippen LogP contribution in [0, 0.1) is 0 Å². The third-order valence-corrected chi connectivity index (χ3v) is 3.63. The van der Waals surface area contributed by atoms with Gasteiger partial charge in [-0.3, -0.25) is 4.79 Å². The van der Waals surface area contributed by atoms with E-state index in [1.54, 1.807) is 6.07 Å². The second kappa shape index (κ2) is 7.36. The van der Waals surface area contributed by atoms with Gasteiger partial charge in [-0.05, 0) is 44.5 Å². The highest BCUT2D eigenvalue weighted by atomic mass is 19.3. The summed E-state index contributed by atoms with van der Waals surface area (Å²) in [6, 6.07) is 6.06. The molecule has 1 aliphatic rings. The van der Waals surface area contributed by atoms with E-state index in [1.807, 2.05) is 6.92 Å². The number of benzene rings is 1. The molecule has 0 saturated carbocycles. The van der Waals surface area contributed by atoms with Crippen LogP contribution < -0.4 is 15.4 Å². The van der Waals surface area contributed by atoms with Crippen molar-refractivity contribution in [3.05, 3.63) is 29.8 Å². The van der Waals surface area contributed by atoms with Crippen molar-refractivity contribution >= 4 is 5.91 Å². The number of nitrogens with one attached hydrogen (secondary N) is 2. The lowest BCUT2D eigenvalue weighted by atomic mass is 9.99. The molecule has 2 N–H and O–H groups in total. The Morgan fingerprint density at radius 2 is 2.24 bits per heavy atom. The molecule has 0 aromatic heterocycles. The quantitative estimate of drug-likeness (QED) is 0.878. The van der Waals surface area contributed by atoms with Gasteiger partial charge in [-0.2, -0.15) is 8.78 Å². The number of amides is 1. The smallest absolute Gasteiger partial charge is 0.387 e. The highest BCUT2D eigenvalue weighted by Crippen LogP contribution is 2.16. The Morgan fingerprint density at radius 3 is 2.90 bits per heavy atom. The average molecular weight is 298 g/mol. The summed E-state index contributed by atoms with van der Waals surface area (Å²) in [5, 5.41) is 6.28. The van der Waals surface area contributed by atoms with Gasteiger partial charge < -0.3 is 15.4 Å². The van der Waals surface area contributed by atoms with E-state index in [1.165, 1.54) is 18.2 Å². The van der Waals surface area contributed by atoms with Crippen LogP contribution in [0.5, 0.6) is 5.75 Å². The van der Waals surface area contributed by atoms with Gasteiger partial charge in [-0.25, -0.2) is 0 Å². The Balaban J connectivity index is 1.95. The first-order valence-corrected chi connectivity index (χ1v) is 7.15. The van der Waals surface area contributed by atoms with Crippen LogP contribution in [-0.2, 0) is 0 Å². The van der Waals surface area contributed by atoms with Crippen molar-refractivity contribution in [2.24, 2.45) is 0 Å². The van der Waals surface area contributed by atoms with E-state index in [9.17, 15) is 13.6 Å². The standard InChI is InChI=1S/C15H20F2N2O2/c1-10(13-7-2-3-8-18-13)19-14(20)11-5-4-6-12(9-11)21-15(16)17/h4-6,9-10,13,15,18H,2-3,7-8H2,1H3,(H,19,20). The fourth-order valence-electron chi connectivity index (χ4n) is 2.51. The molecule has 4 nitrogen and oxygen atoms in total. The second-order valence-corrected chi connectivity index (χ2v) is 5.22. The number of alkyl halides is 2. The number of piperidine rings is 1. The Hall–Kier alpha value is -1.69. The monoisotopic (exact) mass is 298 g/mol. The van der Waals surface area contributed by atoms with Crippen molar-refractivity contribution < 1.29 is 18.3 Å². The maximum Gasteiger partial charge on any atom is 0.387 e. The highest BCUT2D eigenvalue weighted by molar-refractivity contribution is 5.94. The molecule has 2 rings (SSSR count). The molecule has 0 spiro atoms. The van der Waals surface area contributed by atoms with Crippen LogP contribution in [0.4, 0.5) is 8.78 Å². The first-order valence-electron chi connectivity index (χ1n) is 7.15. The SMILES string of the molecule is CC(NC(=O)c1cccc(OC(F)F)c1)C1CCCCN1. The van der Waals surface area contributed by atoms with Gasteiger partial charge in [-0.1, -0.05) is 12.5 Å². The summed E-state index contributed by atoms with van der Waals surface area (Å²) in [6.45, 7) is 0.0110. The zero-order valence-electron chi connectivity index (χ0n) is 11.9. The molecular weight excluding hydrogens is 278 g/mol. The van der Waals surface area contributed by atoms with E-state index < -0.39 is 6.61 Å². The first kappa shape index (κ1) is 15.7. The summed E-state index contributed by atoms with van der Waals surface area (Å²) < 4.78 is 28.7. The van der Waals surface area contributed by atoms with E-state index in [0.29, 0.717) is 5.56 Å². The van der Waals surface area contributed by atoms with Crippen LogP contribution in [0.3, 0.4) is 0 Å². The Kier molecular flexibility index (Phi) is 5.50. The van der Waals surface area contributed by atoms with Crippen LogP contribution in [0.1, 0.15) is 36.5 Å². The molecule has 1 amide bonds. The summed E-state index contributed by atoms with van der Waals surface area (Å²) >= 11 is 0. The normalized spacial score (nSPS) is 20.1. The van der Waals surface area contributed by atoms with Gasteiger partial charge in [0.2, 0.25) is 0 Å². The van der Waals surface area contributed by atoms with E-state index in [0.717, 1.165) is 25.8 Å². The van der Waals surface area contributed by atoms with Crippen molar-refractivity contribution in [3.8, 4) is 5.75 Å².